The zero-order chi connectivity index (χ0) is 17.4. The fourth-order valence-electron chi connectivity index (χ4n) is 1.93. The summed E-state index contributed by atoms with van der Waals surface area (Å²) in [5, 5.41) is 8.20. The third-order valence-electron chi connectivity index (χ3n) is 3.04. The summed E-state index contributed by atoms with van der Waals surface area (Å²) in [4.78, 5) is 5.25. The minimum atomic E-state index is -4.36. The Bertz CT molecular complexity index is 657. The lowest BCUT2D eigenvalue weighted by molar-refractivity contribution is -0.153. The number of para-hydroxylation sites is 1. The fourth-order valence-corrected chi connectivity index (χ4v) is 2.58. The summed E-state index contributed by atoms with van der Waals surface area (Å²) in [5.74, 6) is 0.769. The minimum absolute atomic E-state index is 0.205. The summed E-state index contributed by atoms with van der Waals surface area (Å²) in [6.07, 6.45) is -4.36. The van der Waals surface area contributed by atoms with Gasteiger partial charge in [-0.05, 0) is 17.5 Å². The highest BCUT2D eigenvalue weighted by Crippen LogP contribution is 2.22. The Hall–Kier alpha value is -2.22. The Balaban J connectivity index is 1.90. The Morgan fingerprint density at radius 3 is 2.54 bits per heavy atom. The van der Waals surface area contributed by atoms with Gasteiger partial charge in [0.1, 0.15) is 5.75 Å². The van der Waals surface area contributed by atoms with Crippen molar-refractivity contribution >= 4 is 17.3 Å². The third-order valence-corrected chi connectivity index (χ3v) is 3.92. The Labute approximate surface area is 142 Å². The normalized spacial score (nSPS) is 12.1. The first-order chi connectivity index (χ1) is 11.5. The minimum Gasteiger partial charge on any atom is -0.484 e. The van der Waals surface area contributed by atoms with E-state index in [1.165, 1.54) is 6.07 Å². The number of nitrogens with zero attached hydrogens (tertiary/aromatic N) is 1. The van der Waals surface area contributed by atoms with Crippen LogP contribution < -0.4 is 15.4 Å². The lowest BCUT2D eigenvalue weighted by Gasteiger charge is -2.15. The van der Waals surface area contributed by atoms with Crippen molar-refractivity contribution in [3.05, 3.63) is 52.2 Å². The summed E-state index contributed by atoms with van der Waals surface area (Å²) < 4.78 is 41.8. The smallest absolute Gasteiger partial charge is 0.422 e. The lowest BCUT2D eigenvalue weighted by atomic mass is 10.2. The first-order valence-electron chi connectivity index (χ1n) is 7.22. The van der Waals surface area contributed by atoms with Crippen LogP contribution in [0.4, 0.5) is 13.2 Å². The Morgan fingerprint density at radius 1 is 1.12 bits per heavy atom. The molecule has 0 saturated heterocycles. The average Bonchev–Trinajstić information content (AvgIpc) is 3.06. The second kappa shape index (κ2) is 8.58. The average molecular weight is 357 g/mol. The van der Waals surface area contributed by atoms with Crippen molar-refractivity contribution in [2.45, 2.75) is 19.3 Å². The summed E-state index contributed by atoms with van der Waals surface area (Å²) in [6, 6.07) is 10.6. The van der Waals surface area contributed by atoms with Crippen molar-refractivity contribution in [1.29, 1.82) is 0 Å². The van der Waals surface area contributed by atoms with Gasteiger partial charge >= 0.3 is 6.18 Å². The molecule has 0 atom stereocenters. The van der Waals surface area contributed by atoms with Crippen LogP contribution in [0.5, 0.6) is 5.75 Å². The number of halogens is 3. The van der Waals surface area contributed by atoms with Crippen LogP contribution in [-0.2, 0) is 13.1 Å². The molecular formula is C16H18F3N3OS. The number of rotatable bonds is 6. The van der Waals surface area contributed by atoms with E-state index >= 15 is 0 Å². The van der Waals surface area contributed by atoms with Crippen LogP contribution in [0, 0.1) is 0 Å². The van der Waals surface area contributed by atoms with Crippen LogP contribution in [0.2, 0.25) is 0 Å². The van der Waals surface area contributed by atoms with E-state index in [0.717, 1.165) is 4.88 Å². The Kier molecular flexibility index (Phi) is 6.48. The molecule has 0 aliphatic carbocycles. The summed E-state index contributed by atoms with van der Waals surface area (Å²) in [7, 11) is 1.63. The highest BCUT2D eigenvalue weighted by Gasteiger charge is 2.28. The summed E-state index contributed by atoms with van der Waals surface area (Å²) >= 11 is 1.63. The van der Waals surface area contributed by atoms with E-state index in [1.807, 2.05) is 17.5 Å². The molecule has 2 N–H and O–H groups in total. The van der Waals surface area contributed by atoms with E-state index in [2.05, 4.69) is 15.6 Å². The first-order valence-corrected chi connectivity index (χ1v) is 8.10. The van der Waals surface area contributed by atoms with Gasteiger partial charge in [0.2, 0.25) is 0 Å². The zero-order valence-electron chi connectivity index (χ0n) is 13.1. The fraction of sp³-hybridized carbons (Fsp3) is 0.312. The van der Waals surface area contributed by atoms with E-state index < -0.39 is 12.8 Å². The molecule has 0 spiro atoms. The van der Waals surface area contributed by atoms with Gasteiger partial charge in [-0.2, -0.15) is 13.2 Å². The molecule has 2 rings (SSSR count). The van der Waals surface area contributed by atoms with Gasteiger partial charge in [-0.3, -0.25) is 4.99 Å². The predicted molar refractivity (Wildman–Crippen MR) is 89.3 cm³/mol. The molecule has 0 aliphatic heterocycles. The second-order valence-corrected chi connectivity index (χ2v) is 5.90. The van der Waals surface area contributed by atoms with Gasteiger partial charge < -0.3 is 15.4 Å². The van der Waals surface area contributed by atoms with Crippen molar-refractivity contribution < 1.29 is 17.9 Å². The van der Waals surface area contributed by atoms with E-state index in [4.69, 9.17) is 4.74 Å². The van der Waals surface area contributed by atoms with Crippen LogP contribution in [0.15, 0.2) is 46.8 Å². The maximum absolute atomic E-state index is 12.3. The largest absolute Gasteiger partial charge is 0.484 e. The molecule has 0 saturated carbocycles. The van der Waals surface area contributed by atoms with Gasteiger partial charge in [-0.15, -0.1) is 11.3 Å². The van der Waals surface area contributed by atoms with Crippen molar-refractivity contribution in [3.8, 4) is 5.75 Å². The van der Waals surface area contributed by atoms with Gasteiger partial charge in [0.25, 0.3) is 0 Å². The first kappa shape index (κ1) is 18.1. The molecule has 8 heteroatoms. The maximum atomic E-state index is 12.3. The molecule has 24 heavy (non-hydrogen) atoms. The lowest BCUT2D eigenvalue weighted by Crippen LogP contribution is -2.36. The highest BCUT2D eigenvalue weighted by molar-refractivity contribution is 7.09. The number of alkyl halides is 3. The molecule has 0 fully saturated rings. The number of guanidine groups is 1. The topological polar surface area (TPSA) is 45.7 Å². The molecule has 0 radical (unpaired) electrons. The van der Waals surface area contributed by atoms with Gasteiger partial charge in [0, 0.05) is 24.0 Å². The number of nitrogens with one attached hydrogen (secondary N) is 2. The molecule has 1 aromatic heterocycles. The van der Waals surface area contributed by atoms with E-state index in [-0.39, 0.29) is 5.75 Å². The van der Waals surface area contributed by atoms with Gasteiger partial charge in [-0.1, -0.05) is 24.3 Å². The summed E-state index contributed by atoms with van der Waals surface area (Å²) in [6.45, 7) is -0.378. The number of benzene rings is 1. The van der Waals surface area contributed by atoms with Crippen molar-refractivity contribution in [2.75, 3.05) is 13.7 Å². The molecule has 2 aromatic rings. The standard InChI is InChI=1S/C16H18F3N3OS/c1-20-15(22-10-13-6-4-8-24-13)21-9-12-5-2-3-7-14(12)23-11-16(17,18)19/h2-8H,9-11H2,1H3,(H2,20,21,22). The van der Waals surface area contributed by atoms with Crippen molar-refractivity contribution in [2.24, 2.45) is 4.99 Å². The second-order valence-electron chi connectivity index (χ2n) is 4.87. The Morgan fingerprint density at radius 2 is 1.88 bits per heavy atom. The van der Waals surface area contributed by atoms with Gasteiger partial charge in [-0.25, -0.2) is 0 Å². The zero-order valence-corrected chi connectivity index (χ0v) is 13.9. The van der Waals surface area contributed by atoms with E-state index in [1.54, 1.807) is 36.6 Å². The molecule has 0 aliphatic rings. The van der Waals surface area contributed by atoms with Crippen LogP contribution in [0.1, 0.15) is 10.4 Å². The number of ether oxygens (including phenoxy) is 1. The van der Waals surface area contributed by atoms with E-state index in [0.29, 0.717) is 24.6 Å². The number of aliphatic imine (C=N–C) groups is 1. The van der Waals surface area contributed by atoms with Crippen molar-refractivity contribution in [3.63, 3.8) is 0 Å². The molecule has 1 aromatic carbocycles. The van der Waals surface area contributed by atoms with Crippen LogP contribution >= 0.6 is 11.3 Å². The third kappa shape index (κ3) is 6.11. The molecular weight excluding hydrogens is 339 g/mol. The molecule has 130 valence electrons. The van der Waals surface area contributed by atoms with Gasteiger partial charge in [0.15, 0.2) is 12.6 Å². The molecule has 0 amide bonds. The maximum Gasteiger partial charge on any atom is 0.422 e. The number of thiophene rings is 1. The van der Waals surface area contributed by atoms with Crippen LogP contribution in [-0.4, -0.2) is 25.8 Å². The van der Waals surface area contributed by atoms with Crippen LogP contribution in [0.3, 0.4) is 0 Å². The molecule has 0 unspecified atom stereocenters. The number of hydrogen-bond donors (Lipinski definition) is 2. The van der Waals surface area contributed by atoms with Crippen molar-refractivity contribution in [1.82, 2.24) is 10.6 Å². The predicted octanol–water partition coefficient (Wildman–Crippen LogP) is 3.55. The molecule has 1 heterocycles. The number of hydrogen-bond acceptors (Lipinski definition) is 3. The van der Waals surface area contributed by atoms with Gasteiger partial charge in [0.05, 0.1) is 6.54 Å². The van der Waals surface area contributed by atoms with Crippen LogP contribution in [0.25, 0.3) is 0 Å². The highest BCUT2D eigenvalue weighted by atomic mass is 32.1. The quantitative estimate of drug-likeness (QED) is 0.614. The SMILES string of the molecule is CN=C(NCc1cccs1)NCc1ccccc1OCC(F)(F)F. The summed E-state index contributed by atoms with van der Waals surface area (Å²) in [5.41, 5.74) is 0.626. The molecule has 4 nitrogen and oxygen atoms in total. The molecule has 0 bridgehead atoms. The monoisotopic (exact) mass is 357 g/mol. The van der Waals surface area contributed by atoms with E-state index in [9.17, 15) is 13.2 Å².